The van der Waals surface area contributed by atoms with Crippen molar-refractivity contribution in [2.24, 2.45) is 11.8 Å². The molecule has 1 fully saturated rings. The van der Waals surface area contributed by atoms with E-state index in [0.29, 0.717) is 16.3 Å². The molecule has 176 valence electrons. The lowest BCUT2D eigenvalue weighted by Crippen LogP contribution is -2.51. The van der Waals surface area contributed by atoms with Crippen LogP contribution in [0.25, 0.3) is 0 Å². The summed E-state index contributed by atoms with van der Waals surface area (Å²) in [6.07, 6.45) is -0.135. The van der Waals surface area contributed by atoms with Crippen molar-refractivity contribution in [1.29, 1.82) is 0 Å². The number of halogens is 2. The smallest absolute Gasteiger partial charge is 0.320 e. The number of aliphatic carboxylic acids is 2. The second-order valence-corrected chi connectivity index (χ2v) is 9.20. The number of hydrogen-bond donors (Lipinski definition) is 2. The molecule has 2 aromatic rings. The Bertz CT molecular complexity index is 1070. The maximum absolute atomic E-state index is 13.7. The Hall–Kier alpha value is -2.61. The minimum atomic E-state index is -1.18. The quantitative estimate of drug-likeness (QED) is 0.508. The number of rotatable bonds is 8. The first-order chi connectivity index (χ1) is 15.6. The molecule has 1 aliphatic heterocycles. The van der Waals surface area contributed by atoms with Crippen molar-refractivity contribution in [2.75, 3.05) is 7.11 Å². The van der Waals surface area contributed by atoms with Crippen LogP contribution in [-0.2, 0) is 9.59 Å². The number of carbonyl (C=O) groups is 3. The number of ether oxygens (including phenoxy) is 1. The average molecular weight is 494 g/mol. The van der Waals surface area contributed by atoms with Gasteiger partial charge >= 0.3 is 11.9 Å². The van der Waals surface area contributed by atoms with E-state index in [1.165, 1.54) is 30.2 Å². The van der Waals surface area contributed by atoms with E-state index in [1.807, 2.05) is 0 Å². The summed E-state index contributed by atoms with van der Waals surface area (Å²) in [6, 6.07) is 8.39. The highest BCUT2D eigenvalue weighted by Gasteiger charge is 2.53. The van der Waals surface area contributed by atoms with E-state index in [2.05, 4.69) is 0 Å². The van der Waals surface area contributed by atoms with Gasteiger partial charge < -0.3 is 14.9 Å². The standard InChI is InChI=1S/C24H25Cl2NO6/c1-12(2)20(22(28)14-7-8-17(25)18(26)10-14)27-19(24(31)32)11-16(23(29)30)21(27)13-5-4-6-15(9-13)33-3/h4-10,12,16,19-21H,11H2,1-3H3,(H,29,30)(H,31,32). The van der Waals surface area contributed by atoms with Gasteiger partial charge in [-0.15, -0.1) is 0 Å². The van der Waals surface area contributed by atoms with Gasteiger partial charge in [0.1, 0.15) is 11.8 Å². The Morgan fingerprint density at radius 2 is 1.73 bits per heavy atom. The number of likely N-dealkylation sites (tertiary alicyclic amines) is 1. The van der Waals surface area contributed by atoms with Crippen LogP contribution in [0.5, 0.6) is 5.75 Å². The van der Waals surface area contributed by atoms with Crippen LogP contribution in [0.2, 0.25) is 10.0 Å². The lowest BCUT2D eigenvalue weighted by molar-refractivity contribution is -0.144. The van der Waals surface area contributed by atoms with E-state index >= 15 is 0 Å². The lowest BCUT2D eigenvalue weighted by atomic mass is 9.89. The molecule has 0 bridgehead atoms. The van der Waals surface area contributed by atoms with E-state index in [9.17, 15) is 24.6 Å². The third-order valence-corrected chi connectivity index (χ3v) is 6.74. The highest BCUT2D eigenvalue weighted by atomic mass is 35.5. The van der Waals surface area contributed by atoms with Crippen molar-refractivity contribution in [3.05, 3.63) is 63.6 Å². The Labute approximate surface area is 201 Å². The maximum atomic E-state index is 13.7. The molecule has 0 spiro atoms. The van der Waals surface area contributed by atoms with Gasteiger partial charge in [-0.25, -0.2) is 0 Å². The minimum Gasteiger partial charge on any atom is -0.497 e. The molecule has 0 aromatic heterocycles. The number of ketones is 1. The molecule has 0 radical (unpaired) electrons. The summed E-state index contributed by atoms with van der Waals surface area (Å²) < 4.78 is 5.29. The molecule has 4 atom stereocenters. The zero-order valence-electron chi connectivity index (χ0n) is 18.4. The van der Waals surface area contributed by atoms with E-state index in [1.54, 1.807) is 38.1 Å². The molecule has 3 rings (SSSR count). The van der Waals surface area contributed by atoms with E-state index < -0.39 is 36.0 Å². The number of nitrogens with zero attached hydrogens (tertiary/aromatic N) is 1. The van der Waals surface area contributed by atoms with E-state index in [-0.39, 0.29) is 28.7 Å². The first-order valence-electron chi connectivity index (χ1n) is 10.4. The van der Waals surface area contributed by atoms with Crippen LogP contribution < -0.4 is 4.74 Å². The molecule has 0 amide bonds. The predicted octanol–water partition coefficient (Wildman–Crippen LogP) is 4.81. The van der Waals surface area contributed by atoms with Gasteiger partial charge in [0.25, 0.3) is 0 Å². The first kappa shape index (κ1) is 25.0. The largest absolute Gasteiger partial charge is 0.497 e. The van der Waals surface area contributed by atoms with Gasteiger partial charge in [-0.2, -0.15) is 0 Å². The van der Waals surface area contributed by atoms with Crippen molar-refractivity contribution < 1.29 is 29.3 Å². The van der Waals surface area contributed by atoms with Crippen molar-refractivity contribution in [2.45, 2.75) is 38.4 Å². The summed E-state index contributed by atoms with van der Waals surface area (Å²) >= 11 is 12.1. The molecule has 7 nitrogen and oxygen atoms in total. The van der Waals surface area contributed by atoms with Gasteiger partial charge in [0.15, 0.2) is 5.78 Å². The Balaban J connectivity index is 2.18. The van der Waals surface area contributed by atoms with Crippen LogP contribution in [0.3, 0.4) is 0 Å². The van der Waals surface area contributed by atoms with Crippen LogP contribution >= 0.6 is 23.2 Å². The predicted molar refractivity (Wildman–Crippen MR) is 124 cm³/mol. The topological polar surface area (TPSA) is 104 Å². The van der Waals surface area contributed by atoms with Gasteiger partial charge in [0.05, 0.1) is 29.1 Å². The highest BCUT2D eigenvalue weighted by molar-refractivity contribution is 6.42. The first-order valence-corrected chi connectivity index (χ1v) is 11.2. The number of carbonyl (C=O) groups excluding carboxylic acids is 1. The fourth-order valence-corrected chi connectivity index (χ4v) is 4.85. The van der Waals surface area contributed by atoms with Crippen molar-refractivity contribution in [1.82, 2.24) is 4.90 Å². The molecule has 4 unspecified atom stereocenters. The van der Waals surface area contributed by atoms with E-state index in [0.717, 1.165) is 0 Å². The summed E-state index contributed by atoms with van der Waals surface area (Å²) in [5.74, 6) is -3.50. The molecule has 1 heterocycles. The Kier molecular flexibility index (Phi) is 7.67. The summed E-state index contributed by atoms with van der Waals surface area (Å²) in [6.45, 7) is 3.60. The fourth-order valence-electron chi connectivity index (χ4n) is 4.56. The average Bonchev–Trinajstić information content (AvgIpc) is 3.16. The number of Topliss-reactive ketones (excluding diaryl/α,β-unsaturated/α-hetero) is 1. The van der Waals surface area contributed by atoms with Crippen LogP contribution in [0.1, 0.15) is 42.2 Å². The van der Waals surface area contributed by atoms with Crippen LogP contribution in [-0.4, -0.2) is 52.0 Å². The molecule has 1 saturated heterocycles. The normalized spacial score (nSPS) is 21.7. The third-order valence-electron chi connectivity index (χ3n) is 6.00. The second kappa shape index (κ2) is 10.1. The van der Waals surface area contributed by atoms with Gasteiger partial charge in [-0.05, 0) is 48.2 Å². The molecular weight excluding hydrogens is 469 g/mol. The fraction of sp³-hybridized carbons (Fsp3) is 0.375. The van der Waals surface area contributed by atoms with Crippen molar-refractivity contribution in [3.8, 4) is 5.75 Å². The van der Waals surface area contributed by atoms with Gasteiger partial charge in [-0.1, -0.05) is 49.2 Å². The number of carboxylic acid groups (broad SMARTS) is 2. The Morgan fingerprint density at radius 3 is 2.27 bits per heavy atom. The van der Waals surface area contributed by atoms with Gasteiger partial charge in [0, 0.05) is 11.6 Å². The molecular formula is C24H25Cl2NO6. The molecule has 2 aromatic carbocycles. The summed E-state index contributed by atoms with van der Waals surface area (Å²) in [5, 5.41) is 20.5. The highest BCUT2D eigenvalue weighted by Crippen LogP contribution is 2.45. The van der Waals surface area contributed by atoms with Gasteiger partial charge in [-0.3, -0.25) is 19.3 Å². The Morgan fingerprint density at radius 1 is 1.03 bits per heavy atom. The zero-order valence-corrected chi connectivity index (χ0v) is 19.9. The second-order valence-electron chi connectivity index (χ2n) is 8.39. The molecule has 1 aliphatic rings. The molecule has 9 heteroatoms. The number of methoxy groups -OCH3 is 1. The minimum absolute atomic E-state index is 0.135. The van der Waals surface area contributed by atoms with Crippen molar-refractivity contribution in [3.63, 3.8) is 0 Å². The zero-order chi connectivity index (χ0) is 24.4. The van der Waals surface area contributed by atoms with Gasteiger partial charge in [0.2, 0.25) is 0 Å². The van der Waals surface area contributed by atoms with Crippen LogP contribution in [0, 0.1) is 11.8 Å². The third kappa shape index (κ3) is 5.00. The molecule has 0 saturated carbocycles. The monoisotopic (exact) mass is 493 g/mol. The molecule has 0 aliphatic carbocycles. The number of carboxylic acids is 2. The van der Waals surface area contributed by atoms with Crippen LogP contribution in [0.4, 0.5) is 0 Å². The summed E-state index contributed by atoms with van der Waals surface area (Å²) in [5.41, 5.74) is 0.841. The molecule has 2 N–H and O–H groups in total. The number of hydrogen-bond acceptors (Lipinski definition) is 5. The molecule has 33 heavy (non-hydrogen) atoms. The van der Waals surface area contributed by atoms with Crippen molar-refractivity contribution >= 4 is 40.9 Å². The SMILES string of the molecule is COc1cccc(C2C(C(=O)O)CC(C(=O)O)N2C(C(=O)c2ccc(Cl)c(Cl)c2)C(C)C)c1. The maximum Gasteiger partial charge on any atom is 0.320 e. The summed E-state index contributed by atoms with van der Waals surface area (Å²) in [7, 11) is 1.49. The summed E-state index contributed by atoms with van der Waals surface area (Å²) in [4.78, 5) is 39.7. The van der Waals surface area contributed by atoms with E-state index in [4.69, 9.17) is 27.9 Å². The number of benzene rings is 2. The van der Waals surface area contributed by atoms with Crippen LogP contribution in [0.15, 0.2) is 42.5 Å². The lowest BCUT2D eigenvalue weighted by Gasteiger charge is -2.38.